The van der Waals surface area contributed by atoms with Gasteiger partial charge in [-0.25, -0.2) is 4.98 Å². The summed E-state index contributed by atoms with van der Waals surface area (Å²) in [6, 6.07) is 8.66. The molecule has 3 heterocycles. The van der Waals surface area contributed by atoms with Crippen LogP contribution in [0.2, 0.25) is 0 Å². The van der Waals surface area contributed by atoms with E-state index in [1.165, 1.54) is 11.3 Å². The maximum absolute atomic E-state index is 12.7. The molecule has 4 aromatic rings. The molecule has 0 saturated heterocycles. The Bertz CT molecular complexity index is 1250. The third-order valence-electron chi connectivity index (χ3n) is 4.03. The second-order valence-electron chi connectivity index (χ2n) is 5.83. The minimum atomic E-state index is -0.741. The summed E-state index contributed by atoms with van der Waals surface area (Å²) in [5, 5.41) is 3.52. The van der Waals surface area contributed by atoms with Crippen LogP contribution in [-0.2, 0) is 6.42 Å². The Kier molecular flexibility index (Phi) is 4.21. The predicted molar refractivity (Wildman–Crippen MR) is 104 cm³/mol. The molecule has 8 nitrogen and oxygen atoms in total. The molecule has 0 fully saturated rings. The lowest BCUT2D eigenvalue weighted by Gasteiger charge is -2.06. The highest BCUT2D eigenvalue weighted by Gasteiger charge is 2.18. The second kappa shape index (κ2) is 6.69. The monoisotopic (exact) mass is 381 g/mol. The third-order valence-corrected chi connectivity index (χ3v) is 5.24. The number of benzene rings is 1. The summed E-state index contributed by atoms with van der Waals surface area (Å²) >= 11 is 1.47. The first-order valence-electron chi connectivity index (χ1n) is 8.26. The molecule has 136 valence electrons. The Labute approximate surface area is 156 Å². The Balaban J connectivity index is 1.66. The van der Waals surface area contributed by atoms with Crippen molar-refractivity contribution < 1.29 is 4.79 Å². The van der Waals surface area contributed by atoms with Crippen LogP contribution in [0.4, 0.5) is 5.69 Å². The number of aryl methyl sites for hydroxylation is 1. The number of rotatable bonds is 4. The maximum atomic E-state index is 12.7. The summed E-state index contributed by atoms with van der Waals surface area (Å²) in [6.45, 7) is 1.97. The molecule has 4 rings (SSSR count). The zero-order valence-corrected chi connectivity index (χ0v) is 15.1. The molecular weight excluding hydrogens is 366 g/mol. The number of H-pyrrole nitrogens is 2. The topological polar surface area (TPSA) is 113 Å². The fourth-order valence-electron chi connectivity index (χ4n) is 2.71. The number of nitrogens with one attached hydrogen (secondary N) is 3. The lowest BCUT2D eigenvalue weighted by Crippen LogP contribution is -2.28. The molecule has 0 spiro atoms. The zero-order valence-electron chi connectivity index (χ0n) is 14.3. The number of thiazole rings is 1. The van der Waals surface area contributed by atoms with E-state index in [2.05, 4.69) is 20.3 Å². The predicted octanol–water partition coefficient (Wildman–Crippen LogP) is 2.28. The molecule has 27 heavy (non-hydrogen) atoms. The number of hydrogen-bond acceptors (Lipinski definition) is 5. The molecule has 0 aliphatic carbocycles. The number of fused-ring (bicyclic) bond motifs is 1. The van der Waals surface area contributed by atoms with E-state index >= 15 is 0 Å². The van der Waals surface area contributed by atoms with Gasteiger partial charge in [-0.3, -0.25) is 14.4 Å². The average Bonchev–Trinajstić information content (AvgIpc) is 3.32. The fourth-order valence-corrected chi connectivity index (χ4v) is 3.68. The van der Waals surface area contributed by atoms with Gasteiger partial charge in [0.15, 0.2) is 5.13 Å². The van der Waals surface area contributed by atoms with E-state index in [4.69, 9.17) is 0 Å². The van der Waals surface area contributed by atoms with Gasteiger partial charge in [0.05, 0.1) is 11.0 Å². The van der Waals surface area contributed by atoms with Crippen molar-refractivity contribution in [3.63, 3.8) is 0 Å². The van der Waals surface area contributed by atoms with Crippen molar-refractivity contribution in [1.82, 2.24) is 19.5 Å². The van der Waals surface area contributed by atoms with Gasteiger partial charge in [-0.05, 0) is 36.8 Å². The quantitative estimate of drug-likeness (QED) is 0.471. The van der Waals surface area contributed by atoms with Crippen LogP contribution in [0.1, 0.15) is 22.3 Å². The highest BCUT2D eigenvalue weighted by atomic mass is 32.1. The molecule has 0 atom stereocenters. The summed E-state index contributed by atoms with van der Waals surface area (Å²) in [4.78, 5) is 45.9. The van der Waals surface area contributed by atoms with Gasteiger partial charge in [-0.2, -0.15) is 0 Å². The Morgan fingerprint density at radius 3 is 2.56 bits per heavy atom. The molecule has 0 aliphatic heterocycles. The van der Waals surface area contributed by atoms with Crippen LogP contribution >= 0.6 is 11.3 Å². The SMILES string of the molecule is CCc1sc(-n2cccc2)nc1C(=O)Nc1ccc2[nH]c(=O)c(=O)[nH]c2c1. The Morgan fingerprint density at radius 1 is 1.15 bits per heavy atom. The van der Waals surface area contributed by atoms with Gasteiger partial charge in [-0.15, -0.1) is 11.3 Å². The number of carbonyl (C=O) groups is 1. The van der Waals surface area contributed by atoms with Gasteiger partial charge >= 0.3 is 11.1 Å². The molecule has 1 aromatic carbocycles. The van der Waals surface area contributed by atoms with Gasteiger partial charge in [0.25, 0.3) is 5.91 Å². The van der Waals surface area contributed by atoms with Gasteiger partial charge in [0.2, 0.25) is 0 Å². The van der Waals surface area contributed by atoms with E-state index in [-0.39, 0.29) is 5.91 Å². The molecule has 1 amide bonds. The molecule has 0 saturated carbocycles. The maximum Gasteiger partial charge on any atom is 0.314 e. The number of nitrogens with zero attached hydrogens (tertiary/aromatic N) is 2. The standard InChI is InChI=1S/C18H15N5O3S/c1-2-13-14(22-18(27-13)23-7-3-4-8-23)15(24)19-10-5-6-11-12(9-10)21-17(26)16(25)20-11/h3-9H,2H2,1H3,(H,19,24)(H,20,25)(H,21,26). The first kappa shape index (κ1) is 17.0. The van der Waals surface area contributed by atoms with Crippen molar-refractivity contribution in [3.05, 3.63) is 74.0 Å². The molecule has 3 N–H and O–H groups in total. The second-order valence-corrected chi connectivity index (χ2v) is 6.90. The number of aromatic amines is 2. The minimum absolute atomic E-state index is 0.326. The third kappa shape index (κ3) is 3.20. The zero-order chi connectivity index (χ0) is 19.0. The van der Waals surface area contributed by atoms with E-state index in [9.17, 15) is 14.4 Å². The largest absolute Gasteiger partial charge is 0.321 e. The number of carbonyl (C=O) groups excluding carboxylic acids is 1. The lowest BCUT2D eigenvalue weighted by molar-refractivity contribution is 0.102. The highest BCUT2D eigenvalue weighted by molar-refractivity contribution is 7.14. The Morgan fingerprint density at radius 2 is 1.85 bits per heavy atom. The molecule has 0 unspecified atom stereocenters. The van der Waals surface area contributed by atoms with Crippen LogP contribution in [-0.4, -0.2) is 25.4 Å². The van der Waals surface area contributed by atoms with Crippen LogP contribution < -0.4 is 16.4 Å². The van der Waals surface area contributed by atoms with Crippen molar-refractivity contribution in [2.24, 2.45) is 0 Å². The molecule has 9 heteroatoms. The van der Waals surface area contributed by atoms with Crippen molar-refractivity contribution >= 4 is 34.0 Å². The summed E-state index contributed by atoms with van der Waals surface area (Å²) in [5.74, 6) is -0.326. The number of hydrogen-bond donors (Lipinski definition) is 3. The molecule has 0 aliphatic rings. The van der Waals surface area contributed by atoms with Crippen LogP contribution in [0.3, 0.4) is 0 Å². The lowest BCUT2D eigenvalue weighted by atomic mass is 10.2. The molecule has 0 radical (unpaired) electrons. The molecule has 0 bridgehead atoms. The van der Waals surface area contributed by atoms with E-state index in [0.717, 1.165) is 10.0 Å². The molecular formula is C18H15N5O3S. The van der Waals surface area contributed by atoms with Crippen LogP contribution in [0.5, 0.6) is 0 Å². The van der Waals surface area contributed by atoms with Crippen LogP contribution in [0, 0.1) is 0 Å². The van der Waals surface area contributed by atoms with Crippen molar-refractivity contribution in [3.8, 4) is 5.13 Å². The van der Waals surface area contributed by atoms with Crippen molar-refractivity contribution in [1.29, 1.82) is 0 Å². The first-order chi connectivity index (χ1) is 13.0. The first-order valence-corrected chi connectivity index (χ1v) is 9.07. The summed E-state index contributed by atoms with van der Waals surface area (Å²) < 4.78 is 1.86. The normalized spacial score (nSPS) is 11.0. The Hall–Kier alpha value is -3.46. The van der Waals surface area contributed by atoms with E-state index in [0.29, 0.717) is 28.8 Å². The average molecular weight is 381 g/mol. The van der Waals surface area contributed by atoms with E-state index in [1.807, 2.05) is 36.0 Å². The number of amides is 1. The molecule has 3 aromatic heterocycles. The van der Waals surface area contributed by atoms with Crippen molar-refractivity contribution in [2.75, 3.05) is 5.32 Å². The van der Waals surface area contributed by atoms with Crippen LogP contribution in [0.15, 0.2) is 52.3 Å². The minimum Gasteiger partial charge on any atom is -0.321 e. The fraction of sp³-hybridized carbons (Fsp3) is 0.111. The van der Waals surface area contributed by atoms with Gasteiger partial charge in [-0.1, -0.05) is 6.92 Å². The smallest absolute Gasteiger partial charge is 0.314 e. The number of aromatic nitrogens is 4. The van der Waals surface area contributed by atoms with Gasteiger partial charge < -0.3 is 19.9 Å². The summed E-state index contributed by atoms with van der Waals surface area (Å²) in [5.41, 5.74) is 0.325. The highest BCUT2D eigenvalue weighted by Crippen LogP contribution is 2.24. The summed E-state index contributed by atoms with van der Waals surface area (Å²) in [7, 11) is 0. The van der Waals surface area contributed by atoms with Crippen LogP contribution in [0.25, 0.3) is 16.2 Å². The summed E-state index contributed by atoms with van der Waals surface area (Å²) in [6.07, 6.45) is 4.44. The van der Waals surface area contributed by atoms with Crippen molar-refractivity contribution in [2.45, 2.75) is 13.3 Å². The van der Waals surface area contributed by atoms with Gasteiger partial charge in [0, 0.05) is 23.0 Å². The van der Waals surface area contributed by atoms with Gasteiger partial charge in [0.1, 0.15) is 5.69 Å². The van der Waals surface area contributed by atoms with E-state index < -0.39 is 11.1 Å². The number of anilines is 1. The van der Waals surface area contributed by atoms with E-state index in [1.54, 1.807) is 18.2 Å².